The van der Waals surface area contributed by atoms with E-state index in [1.54, 1.807) is 4.68 Å². The second-order valence-corrected chi connectivity index (χ2v) is 3.40. The standard InChI is InChI=1S/C12H12N2O/c15-12-8-10-14(13-12)9-4-7-11-5-2-1-3-6-11/h1-7,9H,8,10H2/p+1/b7-4+,14-9-. The lowest BCUT2D eigenvalue weighted by atomic mass is 10.2. The van der Waals surface area contributed by atoms with Gasteiger partial charge in [0.15, 0.2) is 12.8 Å². The fourth-order valence-electron chi connectivity index (χ4n) is 1.43. The van der Waals surface area contributed by atoms with Crippen LogP contribution in [0.4, 0.5) is 0 Å². The van der Waals surface area contributed by atoms with Crippen LogP contribution in [0.2, 0.25) is 0 Å². The van der Waals surface area contributed by atoms with Crippen molar-refractivity contribution in [1.29, 1.82) is 0 Å². The van der Waals surface area contributed by atoms with Gasteiger partial charge < -0.3 is 0 Å². The summed E-state index contributed by atoms with van der Waals surface area (Å²) in [5.41, 5.74) is 3.88. The first-order chi connectivity index (χ1) is 7.34. The minimum atomic E-state index is 0.0827. The van der Waals surface area contributed by atoms with Crippen LogP contribution in [-0.4, -0.2) is 23.4 Å². The van der Waals surface area contributed by atoms with Gasteiger partial charge in [0.25, 0.3) is 5.91 Å². The molecule has 1 aromatic carbocycles. The highest BCUT2D eigenvalue weighted by Crippen LogP contribution is 1.99. The number of nitrogens with zero attached hydrogens (tertiary/aromatic N) is 1. The molecule has 0 bridgehead atoms. The lowest BCUT2D eigenvalue weighted by Crippen LogP contribution is -2.24. The van der Waals surface area contributed by atoms with Crippen LogP contribution in [-0.2, 0) is 4.79 Å². The quantitative estimate of drug-likeness (QED) is 0.717. The predicted octanol–water partition coefficient (Wildman–Crippen LogP) is 1.22. The number of nitrogens with one attached hydrogen (secondary N) is 1. The van der Waals surface area contributed by atoms with Gasteiger partial charge in [-0.25, -0.2) is 0 Å². The molecule has 1 fully saturated rings. The van der Waals surface area contributed by atoms with Gasteiger partial charge in [-0.3, -0.25) is 4.79 Å². The Balaban J connectivity index is 1.98. The average Bonchev–Trinajstić information content (AvgIpc) is 2.66. The average molecular weight is 201 g/mol. The summed E-state index contributed by atoms with van der Waals surface area (Å²) < 4.78 is 1.79. The van der Waals surface area contributed by atoms with Crippen LogP contribution in [0.15, 0.2) is 36.4 Å². The van der Waals surface area contributed by atoms with E-state index in [4.69, 9.17) is 0 Å². The molecule has 1 amide bonds. The smallest absolute Gasteiger partial charge is 0.269 e. The topological polar surface area (TPSA) is 32.1 Å². The highest BCUT2D eigenvalue weighted by Gasteiger charge is 2.19. The Labute approximate surface area is 88.7 Å². The van der Waals surface area contributed by atoms with Crippen molar-refractivity contribution < 1.29 is 9.48 Å². The van der Waals surface area contributed by atoms with Crippen LogP contribution in [0.5, 0.6) is 0 Å². The Bertz CT molecular complexity index is 407. The molecule has 0 aliphatic carbocycles. The number of hydrogen-bond donors (Lipinski definition) is 1. The van der Waals surface area contributed by atoms with Crippen LogP contribution in [0.25, 0.3) is 6.08 Å². The van der Waals surface area contributed by atoms with Gasteiger partial charge in [-0.2, -0.15) is 0 Å². The number of carbonyl (C=O) groups excluding carboxylic acids is 1. The fraction of sp³-hybridized carbons (Fsp3) is 0.167. The molecule has 76 valence electrons. The van der Waals surface area contributed by atoms with Crippen LogP contribution < -0.4 is 5.43 Å². The third-order valence-corrected chi connectivity index (χ3v) is 2.20. The van der Waals surface area contributed by atoms with E-state index in [0.29, 0.717) is 6.42 Å². The zero-order valence-corrected chi connectivity index (χ0v) is 8.39. The van der Waals surface area contributed by atoms with Crippen LogP contribution in [0, 0.1) is 0 Å². The van der Waals surface area contributed by atoms with E-state index in [1.165, 1.54) is 0 Å². The van der Waals surface area contributed by atoms with Crippen molar-refractivity contribution in [2.75, 3.05) is 6.54 Å². The molecule has 15 heavy (non-hydrogen) atoms. The van der Waals surface area contributed by atoms with E-state index in [1.807, 2.05) is 48.7 Å². The highest BCUT2D eigenvalue weighted by molar-refractivity contribution is 5.79. The van der Waals surface area contributed by atoms with Gasteiger partial charge in [-0.15, -0.1) is 10.1 Å². The van der Waals surface area contributed by atoms with Crippen LogP contribution in [0.1, 0.15) is 12.0 Å². The summed E-state index contributed by atoms with van der Waals surface area (Å²) in [5.74, 6) is 0.0827. The van der Waals surface area contributed by atoms with Crippen molar-refractivity contribution in [3.63, 3.8) is 0 Å². The van der Waals surface area contributed by atoms with Gasteiger partial charge >= 0.3 is 0 Å². The van der Waals surface area contributed by atoms with Crippen molar-refractivity contribution in [2.45, 2.75) is 6.42 Å². The summed E-state index contributed by atoms with van der Waals surface area (Å²) in [5, 5.41) is 0. The van der Waals surface area contributed by atoms with Gasteiger partial charge in [0.2, 0.25) is 0 Å². The van der Waals surface area contributed by atoms with Crippen molar-refractivity contribution in [3.8, 4) is 0 Å². The highest BCUT2D eigenvalue weighted by atomic mass is 16.2. The van der Waals surface area contributed by atoms with Gasteiger partial charge in [0, 0.05) is 6.08 Å². The molecule has 0 spiro atoms. The molecular formula is C12H13N2O+. The molecule has 0 aromatic heterocycles. The van der Waals surface area contributed by atoms with Gasteiger partial charge in [0.05, 0.1) is 6.42 Å². The normalized spacial score (nSPS) is 18.7. The monoisotopic (exact) mass is 201 g/mol. The van der Waals surface area contributed by atoms with E-state index in [9.17, 15) is 4.79 Å². The molecule has 1 heterocycles. The Morgan fingerprint density at radius 3 is 2.73 bits per heavy atom. The summed E-state index contributed by atoms with van der Waals surface area (Å²) in [4.78, 5) is 10.9. The Morgan fingerprint density at radius 2 is 2.07 bits per heavy atom. The van der Waals surface area contributed by atoms with E-state index in [2.05, 4.69) is 5.43 Å². The maximum absolute atomic E-state index is 10.9. The minimum absolute atomic E-state index is 0.0827. The molecule has 0 atom stereocenters. The van der Waals surface area contributed by atoms with E-state index in [0.717, 1.165) is 12.1 Å². The summed E-state index contributed by atoms with van der Waals surface area (Å²) in [6.45, 7) is 0.748. The van der Waals surface area contributed by atoms with Crippen LogP contribution >= 0.6 is 0 Å². The first kappa shape index (κ1) is 9.65. The van der Waals surface area contributed by atoms with Crippen molar-refractivity contribution in [3.05, 3.63) is 42.0 Å². The largest absolute Gasteiger partial charge is 0.280 e. The summed E-state index contributed by atoms with van der Waals surface area (Å²) in [7, 11) is 0. The van der Waals surface area contributed by atoms with E-state index in [-0.39, 0.29) is 5.91 Å². The summed E-state index contributed by atoms with van der Waals surface area (Å²) in [6, 6.07) is 10.1. The zero-order chi connectivity index (χ0) is 10.5. The SMILES string of the molecule is O=C1CC/[N+](=C/C=C/c2ccccc2)N1. The third-order valence-electron chi connectivity index (χ3n) is 2.20. The minimum Gasteiger partial charge on any atom is -0.269 e. The first-order valence-electron chi connectivity index (χ1n) is 4.97. The maximum Gasteiger partial charge on any atom is 0.280 e. The molecule has 1 aliphatic rings. The van der Waals surface area contributed by atoms with Crippen LogP contribution in [0.3, 0.4) is 0 Å². The molecule has 1 aromatic rings. The number of amides is 1. The van der Waals surface area contributed by atoms with Crippen molar-refractivity contribution in [2.24, 2.45) is 0 Å². The number of allylic oxidation sites excluding steroid dienone is 1. The molecule has 2 rings (SSSR count). The number of hydrazone groups is 1. The van der Waals surface area contributed by atoms with Crippen molar-refractivity contribution >= 4 is 18.2 Å². The second-order valence-electron chi connectivity index (χ2n) is 3.40. The lowest BCUT2D eigenvalue weighted by Gasteiger charge is -1.89. The van der Waals surface area contributed by atoms with Gasteiger partial charge in [-0.05, 0) is 11.6 Å². The Kier molecular flexibility index (Phi) is 2.93. The van der Waals surface area contributed by atoms with Crippen molar-refractivity contribution in [1.82, 2.24) is 5.43 Å². The number of hydrazine groups is 1. The molecule has 3 heteroatoms. The molecule has 0 radical (unpaired) electrons. The molecule has 1 aliphatic heterocycles. The number of hydrogen-bond acceptors (Lipinski definition) is 1. The fourth-order valence-corrected chi connectivity index (χ4v) is 1.43. The molecular weight excluding hydrogens is 188 g/mol. The number of benzene rings is 1. The van der Waals surface area contributed by atoms with E-state index >= 15 is 0 Å². The second kappa shape index (κ2) is 4.55. The summed E-state index contributed by atoms with van der Waals surface area (Å²) >= 11 is 0. The molecule has 1 N–H and O–H groups in total. The number of carbonyl (C=O) groups is 1. The maximum atomic E-state index is 10.9. The van der Waals surface area contributed by atoms with Gasteiger partial charge in [0.1, 0.15) is 0 Å². The molecule has 0 unspecified atom stereocenters. The third kappa shape index (κ3) is 2.77. The predicted molar refractivity (Wildman–Crippen MR) is 59.4 cm³/mol. The summed E-state index contributed by atoms with van der Waals surface area (Å²) in [6.07, 6.45) is 6.39. The Morgan fingerprint density at radius 1 is 1.27 bits per heavy atom. The van der Waals surface area contributed by atoms with Gasteiger partial charge in [-0.1, -0.05) is 30.3 Å². The molecule has 1 saturated heterocycles. The van der Waals surface area contributed by atoms with E-state index < -0.39 is 0 Å². The molecule has 0 saturated carbocycles. The number of rotatable bonds is 2. The zero-order valence-electron chi connectivity index (χ0n) is 8.39. The Hall–Kier alpha value is -1.90. The first-order valence-corrected chi connectivity index (χ1v) is 4.97. The lowest BCUT2D eigenvalue weighted by molar-refractivity contribution is -0.553. The molecule has 3 nitrogen and oxygen atoms in total.